The molecule has 148 valence electrons. The molecule has 1 aliphatic carbocycles. The van der Waals surface area contributed by atoms with Crippen molar-refractivity contribution in [1.29, 1.82) is 0 Å². The number of rotatable bonds is 6. The van der Waals surface area contributed by atoms with Gasteiger partial charge >= 0.3 is 0 Å². The van der Waals surface area contributed by atoms with E-state index in [0.29, 0.717) is 44.5 Å². The lowest BCUT2D eigenvalue weighted by atomic mass is 9.80. The number of anilines is 1. The van der Waals surface area contributed by atoms with Crippen molar-refractivity contribution in [3.05, 3.63) is 66.0 Å². The van der Waals surface area contributed by atoms with Gasteiger partial charge < -0.3 is 10.2 Å². The molecule has 0 spiro atoms. The van der Waals surface area contributed by atoms with E-state index in [4.69, 9.17) is 0 Å². The van der Waals surface area contributed by atoms with Crippen molar-refractivity contribution in [2.45, 2.75) is 39.2 Å². The second kappa shape index (κ2) is 9.49. The first kappa shape index (κ1) is 20.1. The van der Waals surface area contributed by atoms with Crippen LogP contribution in [0.25, 0.3) is 0 Å². The third kappa shape index (κ3) is 5.18. The number of amides is 2. The van der Waals surface area contributed by atoms with E-state index in [1.807, 2.05) is 42.2 Å². The van der Waals surface area contributed by atoms with Crippen LogP contribution in [0.2, 0.25) is 0 Å². The van der Waals surface area contributed by atoms with E-state index >= 15 is 0 Å². The van der Waals surface area contributed by atoms with Crippen LogP contribution in [0.1, 0.15) is 38.2 Å². The molecular formula is C23H27FN2O2. The van der Waals surface area contributed by atoms with Crippen LogP contribution in [0.3, 0.4) is 0 Å². The standard InChI is InChI=1S/C23H27FN2O2/c1-2-26(16-17-7-4-3-5-8-17)23(28)19-13-11-18(12-14-19)22(27)25-21-10-6-9-20(24)15-21/h3-10,15,18-19H,2,11-14,16H2,1H3,(H,25,27). The minimum atomic E-state index is -0.370. The number of nitrogens with one attached hydrogen (secondary N) is 1. The molecule has 0 aromatic heterocycles. The summed E-state index contributed by atoms with van der Waals surface area (Å²) in [4.78, 5) is 27.3. The highest BCUT2D eigenvalue weighted by molar-refractivity contribution is 5.92. The summed E-state index contributed by atoms with van der Waals surface area (Å²) in [5.74, 6) is -0.438. The minimum Gasteiger partial charge on any atom is -0.338 e. The number of halogens is 1. The van der Waals surface area contributed by atoms with Crippen molar-refractivity contribution in [2.75, 3.05) is 11.9 Å². The van der Waals surface area contributed by atoms with Gasteiger partial charge in [-0.2, -0.15) is 0 Å². The molecule has 2 aromatic carbocycles. The highest BCUT2D eigenvalue weighted by Gasteiger charge is 2.31. The molecule has 0 aliphatic heterocycles. The zero-order valence-electron chi connectivity index (χ0n) is 16.2. The van der Waals surface area contributed by atoms with Gasteiger partial charge in [0, 0.05) is 30.6 Å². The van der Waals surface area contributed by atoms with Crippen LogP contribution in [0.4, 0.5) is 10.1 Å². The molecule has 0 atom stereocenters. The minimum absolute atomic E-state index is 0.0260. The van der Waals surface area contributed by atoms with E-state index in [-0.39, 0.29) is 29.5 Å². The molecule has 1 N–H and O–H groups in total. The molecule has 2 aromatic rings. The van der Waals surface area contributed by atoms with Crippen LogP contribution >= 0.6 is 0 Å². The summed E-state index contributed by atoms with van der Waals surface area (Å²) in [6.07, 6.45) is 2.79. The fourth-order valence-electron chi connectivity index (χ4n) is 3.82. The monoisotopic (exact) mass is 382 g/mol. The Kier molecular flexibility index (Phi) is 6.80. The second-order valence-corrected chi connectivity index (χ2v) is 7.39. The topological polar surface area (TPSA) is 49.4 Å². The Hall–Kier alpha value is -2.69. The fraction of sp³-hybridized carbons (Fsp3) is 0.391. The number of hydrogen-bond acceptors (Lipinski definition) is 2. The van der Waals surface area contributed by atoms with Crippen LogP contribution in [0.15, 0.2) is 54.6 Å². The van der Waals surface area contributed by atoms with Gasteiger partial charge in [-0.05, 0) is 56.4 Å². The van der Waals surface area contributed by atoms with Gasteiger partial charge in [0.1, 0.15) is 5.82 Å². The van der Waals surface area contributed by atoms with Crippen molar-refractivity contribution in [2.24, 2.45) is 11.8 Å². The molecule has 1 aliphatic rings. The summed E-state index contributed by atoms with van der Waals surface area (Å²) >= 11 is 0. The van der Waals surface area contributed by atoms with Crippen LogP contribution in [-0.4, -0.2) is 23.3 Å². The molecule has 0 heterocycles. The fourth-order valence-corrected chi connectivity index (χ4v) is 3.82. The Morgan fingerprint density at radius 2 is 1.68 bits per heavy atom. The zero-order valence-corrected chi connectivity index (χ0v) is 16.2. The highest BCUT2D eigenvalue weighted by atomic mass is 19.1. The molecule has 1 fully saturated rings. The Morgan fingerprint density at radius 3 is 2.32 bits per heavy atom. The molecule has 0 unspecified atom stereocenters. The van der Waals surface area contributed by atoms with Gasteiger partial charge in [-0.15, -0.1) is 0 Å². The molecular weight excluding hydrogens is 355 g/mol. The quantitative estimate of drug-likeness (QED) is 0.793. The molecule has 3 rings (SSSR count). The molecule has 0 saturated heterocycles. The average Bonchev–Trinajstić information content (AvgIpc) is 2.72. The molecule has 28 heavy (non-hydrogen) atoms. The second-order valence-electron chi connectivity index (χ2n) is 7.39. The van der Waals surface area contributed by atoms with Gasteiger partial charge in [0.05, 0.1) is 0 Å². The van der Waals surface area contributed by atoms with Gasteiger partial charge in [-0.3, -0.25) is 9.59 Å². The van der Waals surface area contributed by atoms with Crippen molar-refractivity contribution >= 4 is 17.5 Å². The molecule has 1 saturated carbocycles. The predicted octanol–water partition coefficient (Wildman–Crippen LogP) is 4.62. The van der Waals surface area contributed by atoms with Crippen molar-refractivity contribution < 1.29 is 14.0 Å². The average molecular weight is 382 g/mol. The number of carbonyl (C=O) groups excluding carboxylic acids is 2. The molecule has 5 heteroatoms. The largest absolute Gasteiger partial charge is 0.338 e. The van der Waals surface area contributed by atoms with Gasteiger partial charge in [0.2, 0.25) is 11.8 Å². The number of carbonyl (C=O) groups is 2. The number of nitrogens with zero attached hydrogens (tertiary/aromatic N) is 1. The Labute approximate surface area is 165 Å². The lowest BCUT2D eigenvalue weighted by molar-refractivity contribution is -0.138. The van der Waals surface area contributed by atoms with E-state index in [1.54, 1.807) is 12.1 Å². The van der Waals surface area contributed by atoms with E-state index in [1.165, 1.54) is 12.1 Å². The lowest BCUT2D eigenvalue weighted by Crippen LogP contribution is -2.38. The Bertz CT molecular complexity index is 801. The van der Waals surface area contributed by atoms with Crippen molar-refractivity contribution in [1.82, 2.24) is 4.90 Å². The SMILES string of the molecule is CCN(Cc1ccccc1)C(=O)C1CCC(C(=O)Nc2cccc(F)c2)CC1. The van der Waals surface area contributed by atoms with Crippen LogP contribution in [-0.2, 0) is 16.1 Å². The Balaban J connectivity index is 1.52. The lowest BCUT2D eigenvalue weighted by Gasteiger charge is -2.31. The Morgan fingerprint density at radius 1 is 1.00 bits per heavy atom. The van der Waals surface area contributed by atoms with E-state index in [0.717, 1.165) is 5.56 Å². The summed E-state index contributed by atoms with van der Waals surface area (Å²) in [7, 11) is 0. The summed E-state index contributed by atoms with van der Waals surface area (Å²) in [5, 5.41) is 2.79. The van der Waals surface area contributed by atoms with Crippen LogP contribution in [0, 0.1) is 17.7 Å². The molecule has 2 amide bonds. The van der Waals surface area contributed by atoms with Gasteiger partial charge in [-0.25, -0.2) is 4.39 Å². The van der Waals surface area contributed by atoms with Gasteiger partial charge in [0.25, 0.3) is 0 Å². The molecule has 0 radical (unpaired) electrons. The van der Waals surface area contributed by atoms with Crippen molar-refractivity contribution in [3.63, 3.8) is 0 Å². The maximum absolute atomic E-state index is 13.3. The molecule has 0 bridgehead atoms. The normalized spacial score (nSPS) is 19.1. The number of hydrogen-bond donors (Lipinski definition) is 1. The van der Waals surface area contributed by atoms with Gasteiger partial charge in [0.15, 0.2) is 0 Å². The summed E-state index contributed by atoms with van der Waals surface area (Å²) in [6, 6.07) is 15.9. The highest BCUT2D eigenvalue weighted by Crippen LogP contribution is 2.31. The predicted molar refractivity (Wildman–Crippen MR) is 108 cm³/mol. The zero-order chi connectivity index (χ0) is 19.9. The first-order valence-corrected chi connectivity index (χ1v) is 9.96. The number of benzene rings is 2. The first-order valence-electron chi connectivity index (χ1n) is 9.96. The van der Waals surface area contributed by atoms with E-state index in [9.17, 15) is 14.0 Å². The summed E-state index contributed by atoms with van der Waals surface area (Å²) < 4.78 is 13.3. The first-order chi connectivity index (χ1) is 13.6. The van der Waals surface area contributed by atoms with Crippen LogP contribution < -0.4 is 5.32 Å². The summed E-state index contributed by atoms with van der Waals surface area (Å²) in [5.41, 5.74) is 1.60. The summed E-state index contributed by atoms with van der Waals surface area (Å²) in [6.45, 7) is 3.29. The van der Waals surface area contributed by atoms with E-state index < -0.39 is 0 Å². The van der Waals surface area contributed by atoms with E-state index in [2.05, 4.69) is 5.32 Å². The van der Waals surface area contributed by atoms with Crippen molar-refractivity contribution in [3.8, 4) is 0 Å². The maximum atomic E-state index is 13.3. The third-order valence-corrected chi connectivity index (χ3v) is 5.45. The maximum Gasteiger partial charge on any atom is 0.227 e. The molecule has 4 nitrogen and oxygen atoms in total. The smallest absolute Gasteiger partial charge is 0.227 e. The van der Waals surface area contributed by atoms with Gasteiger partial charge in [-0.1, -0.05) is 36.4 Å². The van der Waals surface area contributed by atoms with Crippen LogP contribution in [0.5, 0.6) is 0 Å². The third-order valence-electron chi connectivity index (χ3n) is 5.45.